The van der Waals surface area contributed by atoms with Crippen LogP contribution in [0.2, 0.25) is 0 Å². The van der Waals surface area contributed by atoms with Gasteiger partial charge in [0.1, 0.15) is 11.5 Å². The maximum Gasteiger partial charge on any atom is 0.290 e. The van der Waals surface area contributed by atoms with Crippen LogP contribution in [0, 0.1) is 17.0 Å². The Balaban J connectivity index is 2.03. The quantitative estimate of drug-likeness (QED) is 0.649. The molecule has 0 bridgehead atoms. The highest BCUT2D eigenvalue weighted by Crippen LogP contribution is 2.18. The molecule has 0 aliphatic heterocycles. The average molecular weight is 264 g/mol. The number of hydrogen-bond donors (Lipinski definition) is 1. The first kappa shape index (κ1) is 12.8. The summed E-state index contributed by atoms with van der Waals surface area (Å²) in [5.74, 6) is 1.50. The van der Waals surface area contributed by atoms with Gasteiger partial charge in [-0.1, -0.05) is 0 Å². The number of aromatic nitrogens is 2. The zero-order valence-corrected chi connectivity index (χ0v) is 10.4. The third-order valence-electron chi connectivity index (χ3n) is 2.44. The van der Waals surface area contributed by atoms with Crippen molar-refractivity contribution in [1.82, 2.24) is 10.1 Å². The van der Waals surface area contributed by atoms with E-state index in [2.05, 4.69) is 15.5 Å². The Bertz CT molecular complexity index is 596. The highest BCUT2D eigenvalue weighted by Gasteiger charge is 2.12. The molecule has 0 saturated heterocycles. The molecule has 0 fully saturated rings. The SMILES string of the molecule is COc1cc(CNc2ccc([N+](=O)[O-])c(C)n2)on1. The fraction of sp³-hybridized carbons (Fsp3) is 0.273. The van der Waals surface area contributed by atoms with E-state index in [1.165, 1.54) is 13.2 Å². The minimum Gasteiger partial charge on any atom is -0.479 e. The summed E-state index contributed by atoms with van der Waals surface area (Å²) < 4.78 is 9.88. The molecule has 2 aromatic heterocycles. The van der Waals surface area contributed by atoms with Gasteiger partial charge in [0.25, 0.3) is 11.6 Å². The van der Waals surface area contributed by atoms with Crippen LogP contribution >= 0.6 is 0 Å². The summed E-state index contributed by atoms with van der Waals surface area (Å²) in [5.41, 5.74) is 0.344. The van der Waals surface area contributed by atoms with E-state index in [-0.39, 0.29) is 5.69 Å². The summed E-state index contributed by atoms with van der Waals surface area (Å²) in [6.45, 7) is 1.95. The zero-order valence-electron chi connectivity index (χ0n) is 10.4. The van der Waals surface area contributed by atoms with Crippen molar-refractivity contribution in [2.45, 2.75) is 13.5 Å². The van der Waals surface area contributed by atoms with Crippen LogP contribution in [0.5, 0.6) is 5.88 Å². The number of pyridine rings is 1. The topological polar surface area (TPSA) is 103 Å². The van der Waals surface area contributed by atoms with E-state index in [4.69, 9.17) is 9.26 Å². The molecule has 19 heavy (non-hydrogen) atoms. The van der Waals surface area contributed by atoms with Crippen molar-refractivity contribution in [3.05, 3.63) is 39.8 Å². The number of rotatable bonds is 5. The molecule has 2 aromatic rings. The van der Waals surface area contributed by atoms with Crippen molar-refractivity contribution in [1.29, 1.82) is 0 Å². The second-order valence-corrected chi connectivity index (χ2v) is 3.75. The minimum absolute atomic E-state index is 0.00751. The number of nitrogens with zero attached hydrogens (tertiary/aromatic N) is 3. The van der Waals surface area contributed by atoms with E-state index in [1.54, 1.807) is 19.1 Å². The first-order chi connectivity index (χ1) is 9.10. The van der Waals surface area contributed by atoms with Crippen molar-refractivity contribution in [2.24, 2.45) is 0 Å². The number of anilines is 1. The Morgan fingerprint density at radius 1 is 1.53 bits per heavy atom. The molecule has 0 amide bonds. The lowest BCUT2D eigenvalue weighted by Gasteiger charge is -2.04. The van der Waals surface area contributed by atoms with E-state index < -0.39 is 4.92 Å². The molecule has 0 unspecified atom stereocenters. The van der Waals surface area contributed by atoms with Crippen molar-refractivity contribution in [3.63, 3.8) is 0 Å². The summed E-state index contributed by atoms with van der Waals surface area (Å²) in [6.07, 6.45) is 0. The Hall–Kier alpha value is -2.64. The summed E-state index contributed by atoms with van der Waals surface area (Å²) in [5, 5.41) is 17.3. The number of aryl methyl sites for hydroxylation is 1. The number of nitro groups is 1. The Morgan fingerprint density at radius 2 is 2.32 bits per heavy atom. The lowest BCUT2D eigenvalue weighted by atomic mass is 10.3. The second-order valence-electron chi connectivity index (χ2n) is 3.75. The van der Waals surface area contributed by atoms with Crippen molar-refractivity contribution in [3.8, 4) is 5.88 Å². The second kappa shape index (κ2) is 5.34. The third-order valence-corrected chi connectivity index (χ3v) is 2.44. The largest absolute Gasteiger partial charge is 0.479 e. The standard InChI is InChI=1S/C11H12N4O4/c1-7-9(15(16)17)3-4-10(13-7)12-6-8-5-11(18-2)14-19-8/h3-5H,6H2,1-2H3,(H,12,13). The number of methoxy groups -OCH3 is 1. The Kier molecular flexibility index (Phi) is 3.60. The molecule has 0 aliphatic carbocycles. The fourth-order valence-electron chi connectivity index (χ4n) is 1.50. The molecular weight excluding hydrogens is 252 g/mol. The van der Waals surface area contributed by atoms with Crippen molar-refractivity contribution < 1.29 is 14.2 Å². The van der Waals surface area contributed by atoms with Gasteiger partial charge in [-0.3, -0.25) is 10.1 Å². The number of hydrogen-bond acceptors (Lipinski definition) is 7. The Labute approximate surface area is 108 Å². The van der Waals surface area contributed by atoms with Crippen LogP contribution in [0.3, 0.4) is 0 Å². The van der Waals surface area contributed by atoms with E-state index in [9.17, 15) is 10.1 Å². The maximum atomic E-state index is 10.7. The first-order valence-electron chi connectivity index (χ1n) is 5.45. The summed E-state index contributed by atoms with van der Waals surface area (Å²) >= 11 is 0. The minimum atomic E-state index is -0.465. The first-order valence-corrected chi connectivity index (χ1v) is 5.45. The van der Waals surface area contributed by atoms with Gasteiger partial charge in [-0.05, 0) is 18.1 Å². The van der Waals surface area contributed by atoms with Crippen LogP contribution in [-0.4, -0.2) is 22.2 Å². The van der Waals surface area contributed by atoms with Gasteiger partial charge in [-0.25, -0.2) is 4.98 Å². The lowest BCUT2D eigenvalue weighted by Crippen LogP contribution is -2.02. The molecule has 100 valence electrons. The van der Waals surface area contributed by atoms with Crippen LogP contribution < -0.4 is 10.1 Å². The van der Waals surface area contributed by atoms with Gasteiger partial charge in [0.15, 0.2) is 5.76 Å². The van der Waals surface area contributed by atoms with E-state index in [1.807, 2.05) is 0 Å². The van der Waals surface area contributed by atoms with Crippen LogP contribution in [0.1, 0.15) is 11.5 Å². The number of ether oxygens (including phenoxy) is 1. The van der Waals surface area contributed by atoms with Crippen molar-refractivity contribution in [2.75, 3.05) is 12.4 Å². The Morgan fingerprint density at radius 3 is 2.89 bits per heavy atom. The molecule has 0 saturated carbocycles. The van der Waals surface area contributed by atoms with Crippen molar-refractivity contribution >= 4 is 11.5 Å². The molecule has 0 aromatic carbocycles. The normalized spacial score (nSPS) is 10.2. The van der Waals surface area contributed by atoms with Gasteiger partial charge >= 0.3 is 0 Å². The van der Waals surface area contributed by atoms with E-state index in [0.717, 1.165) is 0 Å². The summed E-state index contributed by atoms with van der Waals surface area (Å²) in [6, 6.07) is 4.59. The van der Waals surface area contributed by atoms with Gasteiger partial charge in [0.2, 0.25) is 0 Å². The molecule has 1 N–H and O–H groups in total. The molecule has 0 spiro atoms. The molecule has 0 aliphatic rings. The average Bonchev–Trinajstić information content (AvgIpc) is 2.84. The fourth-order valence-corrected chi connectivity index (χ4v) is 1.50. The molecular formula is C11H12N4O4. The predicted molar refractivity (Wildman–Crippen MR) is 66.0 cm³/mol. The highest BCUT2D eigenvalue weighted by atomic mass is 16.6. The smallest absolute Gasteiger partial charge is 0.290 e. The molecule has 2 rings (SSSR count). The van der Waals surface area contributed by atoms with Crippen LogP contribution in [0.15, 0.2) is 22.7 Å². The molecule has 8 nitrogen and oxygen atoms in total. The molecule has 2 heterocycles. The van der Waals surface area contributed by atoms with Gasteiger partial charge < -0.3 is 14.6 Å². The maximum absolute atomic E-state index is 10.7. The molecule has 0 atom stereocenters. The highest BCUT2D eigenvalue weighted by molar-refractivity contribution is 5.44. The number of nitrogens with one attached hydrogen (secondary N) is 1. The molecule has 8 heteroatoms. The molecule has 0 radical (unpaired) electrons. The van der Waals surface area contributed by atoms with Gasteiger partial charge in [-0.15, -0.1) is 0 Å². The van der Waals surface area contributed by atoms with Gasteiger partial charge in [0.05, 0.1) is 18.6 Å². The monoisotopic (exact) mass is 264 g/mol. The van der Waals surface area contributed by atoms with Crippen LogP contribution in [-0.2, 0) is 6.54 Å². The lowest BCUT2D eigenvalue weighted by molar-refractivity contribution is -0.385. The van der Waals surface area contributed by atoms with Gasteiger partial charge in [-0.2, -0.15) is 0 Å². The van der Waals surface area contributed by atoms with Gasteiger partial charge in [0, 0.05) is 12.1 Å². The van der Waals surface area contributed by atoms with Crippen LogP contribution in [0.4, 0.5) is 11.5 Å². The van der Waals surface area contributed by atoms with E-state index >= 15 is 0 Å². The summed E-state index contributed by atoms with van der Waals surface area (Å²) in [7, 11) is 1.50. The predicted octanol–water partition coefficient (Wildman–Crippen LogP) is 1.91. The third kappa shape index (κ3) is 2.97. The van der Waals surface area contributed by atoms with E-state index in [0.29, 0.717) is 29.7 Å². The van der Waals surface area contributed by atoms with Crippen LogP contribution in [0.25, 0.3) is 0 Å². The summed E-state index contributed by atoms with van der Waals surface area (Å²) in [4.78, 5) is 14.3. The zero-order chi connectivity index (χ0) is 13.8.